The normalized spacial score (nSPS) is 10.6. The molecule has 90 valence electrons. The van der Waals surface area contributed by atoms with Gasteiger partial charge in [-0.3, -0.25) is 0 Å². The van der Waals surface area contributed by atoms with Crippen molar-refractivity contribution in [2.75, 3.05) is 6.61 Å². The van der Waals surface area contributed by atoms with E-state index in [1.807, 2.05) is 26.0 Å². The Morgan fingerprint density at radius 3 is 2.65 bits per heavy atom. The highest BCUT2D eigenvalue weighted by molar-refractivity contribution is 6.42. The van der Waals surface area contributed by atoms with Crippen LogP contribution in [0, 0.1) is 6.92 Å². The Balaban J connectivity index is 2.41. The van der Waals surface area contributed by atoms with E-state index in [-0.39, 0.29) is 0 Å². The summed E-state index contributed by atoms with van der Waals surface area (Å²) in [6, 6.07) is 7.27. The van der Waals surface area contributed by atoms with Gasteiger partial charge in [0.2, 0.25) is 5.88 Å². The summed E-state index contributed by atoms with van der Waals surface area (Å²) in [5.74, 6) is 0.607. The SMILES string of the molecule is CCOc1cc(C)n(-c2ccc(Cl)c(Cl)c2)n1. The van der Waals surface area contributed by atoms with Crippen molar-refractivity contribution < 1.29 is 4.74 Å². The minimum absolute atomic E-state index is 0.511. The first-order valence-electron chi connectivity index (χ1n) is 5.26. The predicted octanol–water partition coefficient (Wildman–Crippen LogP) is 3.89. The number of nitrogens with zero attached hydrogens (tertiary/aromatic N) is 2. The second-order valence-electron chi connectivity index (χ2n) is 3.57. The number of aromatic nitrogens is 2. The van der Waals surface area contributed by atoms with Gasteiger partial charge < -0.3 is 4.74 Å². The maximum absolute atomic E-state index is 5.98. The predicted molar refractivity (Wildman–Crippen MR) is 69.5 cm³/mol. The summed E-state index contributed by atoms with van der Waals surface area (Å²) in [6.45, 7) is 4.48. The maximum atomic E-state index is 5.98. The quantitative estimate of drug-likeness (QED) is 0.846. The van der Waals surface area contributed by atoms with Gasteiger partial charge in [-0.25, -0.2) is 4.68 Å². The van der Waals surface area contributed by atoms with Gasteiger partial charge in [0.25, 0.3) is 0 Å². The molecule has 0 unspecified atom stereocenters. The third-order valence-electron chi connectivity index (χ3n) is 2.30. The van der Waals surface area contributed by atoms with Gasteiger partial charge in [0.15, 0.2) is 0 Å². The van der Waals surface area contributed by atoms with E-state index in [2.05, 4.69) is 5.10 Å². The highest BCUT2D eigenvalue weighted by atomic mass is 35.5. The van der Waals surface area contributed by atoms with E-state index < -0.39 is 0 Å². The molecule has 0 N–H and O–H groups in total. The van der Waals surface area contributed by atoms with E-state index in [1.165, 1.54) is 0 Å². The van der Waals surface area contributed by atoms with Gasteiger partial charge in [0.1, 0.15) is 0 Å². The molecule has 2 rings (SSSR count). The molecule has 1 heterocycles. The lowest BCUT2D eigenvalue weighted by Gasteiger charge is -2.05. The molecule has 5 heteroatoms. The minimum Gasteiger partial charge on any atom is -0.477 e. The molecular formula is C12H12Cl2N2O. The average molecular weight is 271 g/mol. The van der Waals surface area contributed by atoms with Crippen molar-refractivity contribution in [1.29, 1.82) is 0 Å². The van der Waals surface area contributed by atoms with E-state index in [9.17, 15) is 0 Å². The first-order valence-corrected chi connectivity index (χ1v) is 6.02. The van der Waals surface area contributed by atoms with Gasteiger partial charge in [0.05, 0.1) is 22.3 Å². The number of aryl methyl sites for hydroxylation is 1. The van der Waals surface area contributed by atoms with Crippen LogP contribution < -0.4 is 4.74 Å². The second-order valence-corrected chi connectivity index (χ2v) is 4.38. The lowest BCUT2D eigenvalue weighted by Crippen LogP contribution is -1.99. The van der Waals surface area contributed by atoms with Crippen LogP contribution in [-0.2, 0) is 0 Å². The fourth-order valence-electron chi connectivity index (χ4n) is 1.54. The van der Waals surface area contributed by atoms with Crippen molar-refractivity contribution in [2.24, 2.45) is 0 Å². The van der Waals surface area contributed by atoms with Crippen LogP contribution >= 0.6 is 23.2 Å². The van der Waals surface area contributed by atoms with Gasteiger partial charge in [-0.2, -0.15) is 0 Å². The molecule has 0 bridgehead atoms. The molecule has 0 atom stereocenters. The standard InChI is InChI=1S/C12H12Cl2N2O/c1-3-17-12-6-8(2)16(15-12)9-4-5-10(13)11(14)7-9/h4-7H,3H2,1-2H3. The summed E-state index contributed by atoms with van der Waals surface area (Å²) in [4.78, 5) is 0. The molecular weight excluding hydrogens is 259 g/mol. The minimum atomic E-state index is 0.511. The molecule has 0 radical (unpaired) electrons. The molecule has 0 fully saturated rings. The van der Waals surface area contributed by atoms with E-state index in [0.717, 1.165) is 11.4 Å². The van der Waals surface area contributed by atoms with Gasteiger partial charge in [-0.1, -0.05) is 23.2 Å². The van der Waals surface area contributed by atoms with E-state index in [1.54, 1.807) is 16.8 Å². The van der Waals surface area contributed by atoms with E-state index in [4.69, 9.17) is 27.9 Å². The Hall–Kier alpha value is -1.19. The van der Waals surface area contributed by atoms with Crippen LogP contribution in [0.2, 0.25) is 10.0 Å². The summed E-state index contributed by atoms with van der Waals surface area (Å²) in [6.07, 6.45) is 0. The Labute approximate surface area is 110 Å². The summed E-state index contributed by atoms with van der Waals surface area (Å²) >= 11 is 11.9. The number of hydrogen-bond acceptors (Lipinski definition) is 2. The number of halogens is 2. The van der Waals surface area contributed by atoms with Gasteiger partial charge in [-0.15, -0.1) is 5.10 Å². The third kappa shape index (κ3) is 2.56. The largest absolute Gasteiger partial charge is 0.477 e. The zero-order chi connectivity index (χ0) is 12.4. The lowest BCUT2D eigenvalue weighted by molar-refractivity contribution is 0.324. The first kappa shape index (κ1) is 12.3. The smallest absolute Gasteiger partial charge is 0.233 e. The van der Waals surface area contributed by atoms with Crippen LogP contribution in [0.3, 0.4) is 0 Å². The molecule has 0 amide bonds. The van der Waals surface area contributed by atoms with E-state index >= 15 is 0 Å². The zero-order valence-corrected chi connectivity index (χ0v) is 11.1. The highest BCUT2D eigenvalue weighted by Gasteiger charge is 2.08. The third-order valence-corrected chi connectivity index (χ3v) is 3.04. The molecule has 2 aromatic rings. The first-order chi connectivity index (χ1) is 8.11. The average Bonchev–Trinajstić information content (AvgIpc) is 2.64. The van der Waals surface area contributed by atoms with Crippen molar-refractivity contribution >= 4 is 23.2 Å². The van der Waals surface area contributed by atoms with Crippen molar-refractivity contribution in [3.8, 4) is 11.6 Å². The molecule has 17 heavy (non-hydrogen) atoms. The molecule has 1 aromatic heterocycles. The molecule has 3 nitrogen and oxygen atoms in total. The number of rotatable bonds is 3. The Bertz CT molecular complexity index is 537. The Kier molecular flexibility index (Phi) is 3.60. The fraction of sp³-hybridized carbons (Fsp3) is 0.250. The number of hydrogen-bond donors (Lipinski definition) is 0. The molecule has 0 aliphatic rings. The Morgan fingerprint density at radius 2 is 2.00 bits per heavy atom. The second kappa shape index (κ2) is 4.98. The summed E-state index contributed by atoms with van der Waals surface area (Å²) < 4.78 is 7.12. The van der Waals surface area contributed by atoms with Gasteiger partial charge >= 0.3 is 0 Å². The lowest BCUT2D eigenvalue weighted by atomic mass is 10.3. The molecule has 0 aliphatic heterocycles. The van der Waals surface area contributed by atoms with Crippen molar-refractivity contribution in [1.82, 2.24) is 9.78 Å². The van der Waals surface area contributed by atoms with Crippen molar-refractivity contribution in [3.63, 3.8) is 0 Å². The van der Waals surface area contributed by atoms with E-state index in [0.29, 0.717) is 22.5 Å². The number of benzene rings is 1. The van der Waals surface area contributed by atoms with Crippen LogP contribution in [0.25, 0.3) is 5.69 Å². The maximum Gasteiger partial charge on any atom is 0.233 e. The van der Waals surface area contributed by atoms with Crippen LogP contribution in [0.4, 0.5) is 0 Å². The topological polar surface area (TPSA) is 27.1 Å². The van der Waals surface area contributed by atoms with Crippen LogP contribution in [-0.4, -0.2) is 16.4 Å². The fourth-order valence-corrected chi connectivity index (χ4v) is 1.84. The summed E-state index contributed by atoms with van der Waals surface area (Å²) in [5, 5.41) is 5.38. The summed E-state index contributed by atoms with van der Waals surface area (Å²) in [5.41, 5.74) is 1.84. The van der Waals surface area contributed by atoms with Gasteiger partial charge in [0, 0.05) is 11.8 Å². The van der Waals surface area contributed by atoms with Crippen molar-refractivity contribution in [2.45, 2.75) is 13.8 Å². The zero-order valence-electron chi connectivity index (χ0n) is 9.58. The molecule has 1 aromatic carbocycles. The molecule has 0 spiro atoms. The molecule has 0 saturated heterocycles. The van der Waals surface area contributed by atoms with Gasteiger partial charge in [-0.05, 0) is 32.0 Å². The van der Waals surface area contributed by atoms with Crippen LogP contribution in [0.1, 0.15) is 12.6 Å². The molecule has 0 saturated carbocycles. The van der Waals surface area contributed by atoms with Crippen LogP contribution in [0.5, 0.6) is 5.88 Å². The monoisotopic (exact) mass is 270 g/mol. The summed E-state index contributed by atoms with van der Waals surface area (Å²) in [7, 11) is 0. The van der Waals surface area contributed by atoms with Crippen LogP contribution in [0.15, 0.2) is 24.3 Å². The molecule has 0 aliphatic carbocycles. The Morgan fingerprint density at radius 1 is 1.24 bits per heavy atom. The van der Waals surface area contributed by atoms with Crippen molar-refractivity contribution in [3.05, 3.63) is 40.0 Å². The highest BCUT2D eigenvalue weighted by Crippen LogP contribution is 2.25. The number of ether oxygens (including phenoxy) is 1.